The predicted octanol–water partition coefficient (Wildman–Crippen LogP) is 0.994. The van der Waals surface area contributed by atoms with Crippen molar-refractivity contribution >= 4 is 23.0 Å². The Bertz CT molecular complexity index is 345. The van der Waals surface area contributed by atoms with E-state index in [9.17, 15) is 4.39 Å². The van der Waals surface area contributed by atoms with E-state index in [0.717, 1.165) is 0 Å². The van der Waals surface area contributed by atoms with E-state index in [1.165, 1.54) is 25.3 Å². The lowest BCUT2D eigenvalue weighted by atomic mass is 10.3. The van der Waals surface area contributed by atoms with Crippen molar-refractivity contribution in [1.82, 2.24) is 5.43 Å². The van der Waals surface area contributed by atoms with Crippen molar-refractivity contribution in [2.45, 2.75) is 0 Å². The second-order valence-corrected chi connectivity index (χ2v) is 2.85. The molecule has 0 saturated carbocycles. The highest BCUT2D eigenvalue weighted by Crippen LogP contribution is 2.24. The van der Waals surface area contributed by atoms with E-state index >= 15 is 0 Å². The fourth-order valence-electron chi connectivity index (χ4n) is 0.927. The van der Waals surface area contributed by atoms with Crippen molar-refractivity contribution in [2.75, 3.05) is 12.4 Å². The average Bonchev–Trinajstić information content (AvgIpc) is 2.20. The molecule has 0 amide bonds. The van der Waals surface area contributed by atoms with Gasteiger partial charge in [-0.1, -0.05) is 0 Å². The van der Waals surface area contributed by atoms with Gasteiger partial charge in [-0.15, -0.1) is 0 Å². The SMILES string of the molecule is COc1cc(F)ccc1NC(=S)NN. The van der Waals surface area contributed by atoms with Gasteiger partial charge in [0.1, 0.15) is 11.6 Å². The molecule has 0 unspecified atom stereocenters. The standard InChI is InChI=1S/C8H10FN3OS/c1-13-7-4-5(9)2-3-6(7)11-8(14)12-10/h2-4H,10H2,1H3,(H2,11,12,14). The van der Waals surface area contributed by atoms with Crippen LogP contribution in [0.1, 0.15) is 0 Å². The highest BCUT2D eigenvalue weighted by Gasteiger charge is 2.04. The normalized spacial score (nSPS) is 9.36. The van der Waals surface area contributed by atoms with Crippen molar-refractivity contribution in [1.29, 1.82) is 0 Å². The molecule has 1 aromatic carbocycles. The summed E-state index contributed by atoms with van der Waals surface area (Å²) >= 11 is 4.78. The van der Waals surface area contributed by atoms with Crippen LogP contribution in [0.25, 0.3) is 0 Å². The summed E-state index contributed by atoms with van der Waals surface area (Å²) in [7, 11) is 1.44. The molecule has 0 saturated heterocycles. The maximum Gasteiger partial charge on any atom is 0.185 e. The minimum atomic E-state index is -0.376. The zero-order chi connectivity index (χ0) is 10.6. The van der Waals surface area contributed by atoms with Crippen molar-refractivity contribution in [2.24, 2.45) is 5.84 Å². The minimum absolute atomic E-state index is 0.231. The number of hydrogen-bond acceptors (Lipinski definition) is 3. The number of nitrogens with two attached hydrogens (primary N) is 1. The first-order valence-corrected chi connectivity index (χ1v) is 4.19. The van der Waals surface area contributed by atoms with E-state index < -0.39 is 0 Å². The number of hydrazine groups is 1. The first-order valence-electron chi connectivity index (χ1n) is 3.78. The van der Waals surface area contributed by atoms with Crippen LogP contribution in [-0.2, 0) is 0 Å². The van der Waals surface area contributed by atoms with Gasteiger partial charge in [-0.2, -0.15) is 0 Å². The van der Waals surface area contributed by atoms with E-state index in [0.29, 0.717) is 11.4 Å². The van der Waals surface area contributed by atoms with E-state index in [1.54, 1.807) is 0 Å². The third-order valence-corrected chi connectivity index (χ3v) is 1.76. The van der Waals surface area contributed by atoms with Gasteiger partial charge in [0.25, 0.3) is 0 Å². The Morgan fingerprint density at radius 3 is 2.86 bits per heavy atom. The van der Waals surface area contributed by atoms with Gasteiger partial charge < -0.3 is 15.5 Å². The monoisotopic (exact) mass is 215 g/mol. The van der Waals surface area contributed by atoms with Gasteiger partial charge in [0.2, 0.25) is 0 Å². The van der Waals surface area contributed by atoms with Gasteiger partial charge in [-0.3, -0.25) is 0 Å². The van der Waals surface area contributed by atoms with E-state index in [2.05, 4.69) is 10.7 Å². The molecule has 4 N–H and O–H groups in total. The number of hydrogen-bond donors (Lipinski definition) is 3. The molecule has 1 aromatic rings. The number of ether oxygens (including phenoxy) is 1. The minimum Gasteiger partial charge on any atom is -0.494 e. The molecule has 0 heterocycles. The number of benzene rings is 1. The smallest absolute Gasteiger partial charge is 0.185 e. The number of thiocarbonyl (C=S) groups is 1. The topological polar surface area (TPSA) is 59.3 Å². The van der Waals surface area contributed by atoms with Crippen LogP contribution in [0.15, 0.2) is 18.2 Å². The fourth-order valence-corrected chi connectivity index (χ4v) is 1.04. The lowest BCUT2D eigenvalue weighted by Gasteiger charge is -2.10. The lowest BCUT2D eigenvalue weighted by molar-refractivity contribution is 0.413. The molecular formula is C8H10FN3OS. The summed E-state index contributed by atoms with van der Waals surface area (Å²) < 4.78 is 17.7. The van der Waals surface area contributed by atoms with Crippen LogP contribution < -0.4 is 21.3 Å². The van der Waals surface area contributed by atoms with Crippen LogP contribution in [0, 0.1) is 5.82 Å². The zero-order valence-corrected chi connectivity index (χ0v) is 8.32. The Morgan fingerprint density at radius 2 is 2.29 bits per heavy atom. The number of rotatable bonds is 2. The Balaban J connectivity index is 2.90. The summed E-state index contributed by atoms with van der Waals surface area (Å²) in [4.78, 5) is 0. The maximum absolute atomic E-state index is 12.8. The highest BCUT2D eigenvalue weighted by atomic mass is 32.1. The average molecular weight is 215 g/mol. The van der Waals surface area contributed by atoms with Crippen LogP contribution in [0.3, 0.4) is 0 Å². The van der Waals surface area contributed by atoms with Crippen LogP contribution in [0.5, 0.6) is 5.75 Å². The molecule has 0 aliphatic heterocycles. The molecule has 6 heteroatoms. The molecule has 0 radical (unpaired) electrons. The number of anilines is 1. The Hall–Kier alpha value is -1.40. The molecular weight excluding hydrogens is 205 g/mol. The van der Waals surface area contributed by atoms with Crippen LogP contribution in [0.4, 0.5) is 10.1 Å². The molecule has 76 valence electrons. The lowest BCUT2D eigenvalue weighted by Crippen LogP contribution is -2.34. The number of nitrogens with one attached hydrogen (secondary N) is 2. The Kier molecular flexibility index (Phi) is 3.61. The maximum atomic E-state index is 12.8. The van der Waals surface area contributed by atoms with Gasteiger partial charge in [-0.25, -0.2) is 10.2 Å². The van der Waals surface area contributed by atoms with E-state index in [1.807, 2.05) is 0 Å². The summed E-state index contributed by atoms with van der Waals surface area (Å²) in [6.07, 6.45) is 0. The van der Waals surface area contributed by atoms with Crippen LogP contribution in [-0.4, -0.2) is 12.2 Å². The molecule has 0 aliphatic rings. The van der Waals surface area contributed by atoms with Gasteiger partial charge in [0, 0.05) is 6.07 Å². The van der Waals surface area contributed by atoms with Crippen molar-refractivity contribution < 1.29 is 9.13 Å². The summed E-state index contributed by atoms with van der Waals surface area (Å²) in [5, 5.41) is 2.97. The quantitative estimate of drug-likeness (QED) is 0.390. The Morgan fingerprint density at radius 1 is 1.57 bits per heavy atom. The fraction of sp³-hybridized carbons (Fsp3) is 0.125. The molecule has 4 nitrogen and oxygen atoms in total. The molecule has 0 bridgehead atoms. The van der Waals surface area contributed by atoms with Crippen molar-refractivity contribution in [3.05, 3.63) is 24.0 Å². The summed E-state index contributed by atoms with van der Waals surface area (Å²) in [5.41, 5.74) is 2.80. The first-order chi connectivity index (χ1) is 6.67. The van der Waals surface area contributed by atoms with Crippen molar-refractivity contribution in [3.8, 4) is 5.75 Å². The largest absolute Gasteiger partial charge is 0.494 e. The molecule has 0 atom stereocenters. The molecule has 0 aliphatic carbocycles. The summed E-state index contributed by atoms with van der Waals surface area (Å²) in [6, 6.07) is 4.06. The van der Waals surface area contributed by atoms with Gasteiger partial charge in [-0.05, 0) is 24.4 Å². The second-order valence-electron chi connectivity index (χ2n) is 2.44. The molecule has 14 heavy (non-hydrogen) atoms. The predicted molar refractivity (Wildman–Crippen MR) is 56.5 cm³/mol. The van der Waals surface area contributed by atoms with Gasteiger partial charge in [0.15, 0.2) is 5.11 Å². The van der Waals surface area contributed by atoms with Crippen LogP contribution in [0.2, 0.25) is 0 Å². The van der Waals surface area contributed by atoms with Crippen molar-refractivity contribution in [3.63, 3.8) is 0 Å². The third kappa shape index (κ3) is 2.54. The van der Waals surface area contributed by atoms with E-state index in [-0.39, 0.29) is 10.9 Å². The third-order valence-electron chi connectivity index (χ3n) is 1.54. The molecule has 1 rings (SSSR count). The van der Waals surface area contributed by atoms with Gasteiger partial charge >= 0.3 is 0 Å². The first kappa shape index (κ1) is 10.7. The van der Waals surface area contributed by atoms with Crippen LogP contribution >= 0.6 is 12.2 Å². The molecule has 0 aromatic heterocycles. The number of halogens is 1. The van der Waals surface area contributed by atoms with E-state index in [4.69, 9.17) is 22.8 Å². The second kappa shape index (κ2) is 4.73. The Labute approximate surface area is 86.2 Å². The zero-order valence-electron chi connectivity index (χ0n) is 7.50. The summed E-state index contributed by atoms with van der Waals surface area (Å²) in [5.74, 6) is 5.06. The van der Waals surface area contributed by atoms with Gasteiger partial charge in [0.05, 0.1) is 12.8 Å². The highest BCUT2D eigenvalue weighted by molar-refractivity contribution is 7.80. The molecule has 0 spiro atoms. The number of methoxy groups -OCH3 is 1. The summed E-state index contributed by atoms with van der Waals surface area (Å²) in [6.45, 7) is 0. The molecule has 0 fully saturated rings.